The molecule has 3 nitrogen and oxygen atoms in total. The van der Waals surface area contributed by atoms with Crippen LogP contribution in [-0.2, 0) is 24.3 Å². The molecule has 0 saturated carbocycles. The Morgan fingerprint density at radius 3 is 2.82 bits per heavy atom. The molecule has 0 atom stereocenters. The van der Waals surface area contributed by atoms with E-state index < -0.39 is 8.07 Å². The van der Waals surface area contributed by atoms with E-state index in [0.29, 0.717) is 6.73 Å². The van der Waals surface area contributed by atoms with Gasteiger partial charge in [-0.3, -0.25) is 0 Å². The van der Waals surface area contributed by atoms with Crippen LogP contribution in [0.1, 0.15) is 11.3 Å². The van der Waals surface area contributed by atoms with Gasteiger partial charge in [0.1, 0.15) is 6.73 Å². The Labute approximate surface area is 141 Å². The second kappa shape index (κ2) is 6.30. The quantitative estimate of drug-likeness (QED) is 0.555. The van der Waals surface area contributed by atoms with Gasteiger partial charge in [0.2, 0.25) is 0 Å². The lowest BCUT2D eigenvalue weighted by molar-refractivity contribution is 0.0783. The first-order valence-electron chi connectivity index (χ1n) is 7.85. The molecule has 0 fully saturated rings. The summed E-state index contributed by atoms with van der Waals surface area (Å²) < 4.78 is 8.91. The molecule has 0 saturated heterocycles. The predicted molar refractivity (Wildman–Crippen MR) is 96.9 cm³/mol. The number of hydrogen-bond donors (Lipinski definition) is 0. The maximum Gasteiger partial charge on any atom is 0.139 e. The zero-order chi connectivity index (χ0) is 15.7. The van der Waals surface area contributed by atoms with Gasteiger partial charge in [0.25, 0.3) is 0 Å². The van der Waals surface area contributed by atoms with Crippen LogP contribution in [0.4, 0.5) is 0 Å². The molecule has 1 aliphatic rings. The average molecular weight is 379 g/mol. The molecule has 1 heterocycles. The van der Waals surface area contributed by atoms with Crippen LogP contribution in [0.3, 0.4) is 0 Å². The van der Waals surface area contributed by atoms with Crippen LogP contribution in [0, 0.1) is 0 Å². The molecule has 0 bridgehead atoms. The predicted octanol–water partition coefficient (Wildman–Crippen LogP) is 4.72. The average Bonchev–Trinajstić information content (AvgIpc) is 2.85. The number of nitrogens with zero attached hydrogens (tertiary/aromatic N) is 2. The topological polar surface area (TPSA) is 27.1 Å². The van der Waals surface area contributed by atoms with Crippen LogP contribution in [0.25, 0.3) is 11.1 Å². The zero-order valence-corrected chi connectivity index (χ0v) is 16.1. The van der Waals surface area contributed by atoms with Crippen LogP contribution in [0.5, 0.6) is 0 Å². The smallest absolute Gasteiger partial charge is 0.139 e. The Morgan fingerprint density at radius 1 is 1.23 bits per heavy atom. The van der Waals surface area contributed by atoms with E-state index in [1.54, 1.807) is 0 Å². The van der Waals surface area contributed by atoms with E-state index in [1.807, 2.05) is 4.68 Å². The number of rotatable bonds is 5. The molecule has 3 rings (SSSR count). The van der Waals surface area contributed by atoms with Gasteiger partial charge < -0.3 is 4.74 Å². The minimum atomic E-state index is -1.02. The number of benzene rings is 1. The first kappa shape index (κ1) is 16.0. The van der Waals surface area contributed by atoms with Gasteiger partial charge in [0.15, 0.2) is 0 Å². The highest BCUT2D eigenvalue weighted by Crippen LogP contribution is 2.34. The van der Waals surface area contributed by atoms with E-state index in [0.717, 1.165) is 23.9 Å². The lowest BCUT2D eigenvalue weighted by Crippen LogP contribution is -2.22. The fraction of sp³-hybridized carbons (Fsp3) is 0.471. The zero-order valence-electron chi connectivity index (χ0n) is 13.5. The molecular weight excluding hydrogens is 356 g/mol. The summed E-state index contributed by atoms with van der Waals surface area (Å²) in [5.41, 5.74) is 5.19. The number of ether oxygens (including phenoxy) is 1. The van der Waals surface area contributed by atoms with E-state index in [9.17, 15) is 0 Å². The molecule has 22 heavy (non-hydrogen) atoms. The minimum absolute atomic E-state index is 0.559. The standard InChI is InChI=1S/C17H23BrN2OSi/c1-22(2,3)9-8-21-12-20-11-16-15-6-5-14(18)10-13(15)4-7-17(16)19-20/h5-6,10-11H,4,7-9,12H2,1-3H3. The third-order valence-electron chi connectivity index (χ3n) is 4.05. The number of fused-ring (bicyclic) bond motifs is 3. The molecule has 0 radical (unpaired) electrons. The van der Waals surface area contributed by atoms with Crippen molar-refractivity contribution < 1.29 is 4.74 Å². The van der Waals surface area contributed by atoms with Crippen molar-refractivity contribution in [2.24, 2.45) is 0 Å². The second-order valence-electron chi connectivity index (χ2n) is 7.18. The first-order valence-corrected chi connectivity index (χ1v) is 12.4. The van der Waals surface area contributed by atoms with Gasteiger partial charge in [-0.15, -0.1) is 0 Å². The van der Waals surface area contributed by atoms with Crippen LogP contribution in [0.2, 0.25) is 25.7 Å². The van der Waals surface area contributed by atoms with Crippen molar-refractivity contribution in [3.8, 4) is 11.1 Å². The highest BCUT2D eigenvalue weighted by molar-refractivity contribution is 9.10. The van der Waals surface area contributed by atoms with Gasteiger partial charge in [-0.25, -0.2) is 4.68 Å². The van der Waals surface area contributed by atoms with Crippen molar-refractivity contribution >= 4 is 24.0 Å². The first-order chi connectivity index (χ1) is 10.4. The van der Waals surface area contributed by atoms with Crippen molar-refractivity contribution in [3.05, 3.63) is 40.1 Å². The molecule has 0 amide bonds. The third-order valence-corrected chi connectivity index (χ3v) is 6.24. The summed E-state index contributed by atoms with van der Waals surface area (Å²) in [6, 6.07) is 7.72. The molecule has 0 spiro atoms. The fourth-order valence-corrected chi connectivity index (χ4v) is 3.92. The molecule has 2 aromatic rings. The van der Waals surface area contributed by atoms with Crippen molar-refractivity contribution in [2.45, 2.75) is 45.3 Å². The molecule has 5 heteroatoms. The Balaban J connectivity index is 1.69. The van der Waals surface area contributed by atoms with E-state index in [1.165, 1.54) is 28.4 Å². The lowest BCUT2D eigenvalue weighted by atomic mass is 9.90. The summed E-state index contributed by atoms with van der Waals surface area (Å²) in [4.78, 5) is 0. The van der Waals surface area contributed by atoms with E-state index in [4.69, 9.17) is 9.84 Å². The molecular formula is C17H23BrN2OSi. The van der Waals surface area contributed by atoms with Crippen molar-refractivity contribution in [1.29, 1.82) is 0 Å². The third kappa shape index (κ3) is 3.70. The largest absolute Gasteiger partial charge is 0.360 e. The Morgan fingerprint density at radius 2 is 2.05 bits per heavy atom. The molecule has 118 valence electrons. The maximum atomic E-state index is 5.81. The fourth-order valence-electron chi connectivity index (χ4n) is 2.76. The molecule has 1 aromatic heterocycles. The van der Waals surface area contributed by atoms with Gasteiger partial charge in [-0.1, -0.05) is 41.6 Å². The normalized spacial score (nSPS) is 13.8. The summed E-state index contributed by atoms with van der Waals surface area (Å²) in [5, 5.41) is 4.70. The molecule has 1 aromatic carbocycles. The molecule has 1 aliphatic carbocycles. The van der Waals surface area contributed by atoms with E-state index in [2.05, 4.69) is 60.0 Å². The van der Waals surface area contributed by atoms with E-state index in [-0.39, 0.29) is 0 Å². The molecule has 0 aliphatic heterocycles. The van der Waals surface area contributed by atoms with Gasteiger partial charge in [0, 0.05) is 30.9 Å². The van der Waals surface area contributed by atoms with Gasteiger partial charge in [-0.05, 0) is 42.1 Å². The number of halogens is 1. The Kier molecular flexibility index (Phi) is 4.57. The monoisotopic (exact) mass is 378 g/mol. The van der Waals surface area contributed by atoms with Crippen molar-refractivity contribution in [2.75, 3.05) is 6.61 Å². The van der Waals surface area contributed by atoms with Gasteiger partial charge >= 0.3 is 0 Å². The highest BCUT2D eigenvalue weighted by atomic mass is 79.9. The van der Waals surface area contributed by atoms with Crippen molar-refractivity contribution in [3.63, 3.8) is 0 Å². The summed E-state index contributed by atoms with van der Waals surface area (Å²) in [5.74, 6) is 0. The molecule has 0 N–H and O–H groups in total. The van der Waals surface area contributed by atoms with E-state index >= 15 is 0 Å². The lowest BCUT2D eigenvalue weighted by Gasteiger charge is -2.15. The summed E-state index contributed by atoms with van der Waals surface area (Å²) in [7, 11) is -1.02. The summed E-state index contributed by atoms with van der Waals surface area (Å²) in [6.07, 6.45) is 4.21. The second-order valence-corrected chi connectivity index (χ2v) is 13.7. The Bertz CT molecular complexity index is 676. The maximum absolute atomic E-state index is 5.81. The SMILES string of the molecule is C[Si](C)(C)CCOCn1cc2c(n1)CCc1cc(Br)ccc1-2. The molecule has 0 unspecified atom stereocenters. The van der Waals surface area contributed by atoms with Crippen LogP contribution < -0.4 is 0 Å². The van der Waals surface area contributed by atoms with Crippen LogP contribution in [0.15, 0.2) is 28.9 Å². The van der Waals surface area contributed by atoms with Gasteiger partial charge in [0.05, 0.1) is 5.69 Å². The van der Waals surface area contributed by atoms with Crippen LogP contribution >= 0.6 is 15.9 Å². The number of hydrogen-bond acceptors (Lipinski definition) is 2. The summed E-state index contributed by atoms with van der Waals surface area (Å²) in [6.45, 7) is 8.52. The Hall–Kier alpha value is -0.913. The summed E-state index contributed by atoms with van der Waals surface area (Å²) >= 11 is 3.56. The number of aryl methyl sites for hydroxylation is 2. The minimum Gasteiger partial charge on any atom is -0.360 e. The number of aromatic nitrogens is 2. The van der Waals surface area contributed by atoms with Crippen molar-refractivity contribution in [1.82, 2.24) is 9.78 Å². The van der Waals surface area contributed by atoms with Gasteiger partial charge in [-0.2, -0.15) is 5.10 Å². The highest BCUT2D eigenvalue weighted by Gasteiger charge is 2.19. The van der Waals surface area contributed by atoms with Crippen LogP contribution in [-0.4, -0.2) is 24.5 Å².